The van der Waals surface area contributed by atoms with Crippen molar-refractivity contribution in [3.63, 3.8) is 0 Å². The minimum absolute atomic E-state index is 0.00617. The zero-order valence-electron chi connectivity index (χ0n) is 9.81. The lowest BCUT2D eigenvalue weighted by molar-refractivity contribution is -0.226. The summed E-state index contributed by atoms with van der Waals surface area (Å²) in [5.41, 5.74) is 0. The molecular weight excluding hydrogens is 245 g/mol. The highest BCUT2D eigenvalue weighted by atomic mass is 31.2. The first-order valence-electron chi connectivity index (χ1n) is 5.36. The van der Waals surface area contributed by atoms with Gasteiger partial charge in [-0.1, -0.05) is 0 Å². The third-order valence-corrected chi connectivity index (χ3v) is 2.84. The molecule has 0 aromatic carbocycles. The molecule has 0 spiro atoms. The van der Waals surface area contributed by atoms with Crippen LogP contribution >= 0.6 is 7.82 Å². The van der Waals surface area contributed by atoms with Gasteiger partial charge in [0, 0.05) is 13.7 Å². The van der Waals surface area contributed by atoms with E-state index in [0.717, 1.165) is 0 Å². The smallest absolute Gasteiger partial charge is 0.265 e. The van der Waals surface area contributed by atoms with Crippen LogP contribution in [-0.2, 0) is 18.6 Å². The summed E-state index contributed by atoms with van der Waals surface area (Å²) in [5.74, 6) is 0. The Balaban J connectivity index is 2.54. The number of hydrogen-bond donors (Lipinski definition) is 1. The van der Waals surface area contributed by atoms with Crippen LogP contribution in [-0.4, -0.2) is 50.7 Å². The van der Waals surface area contributed by atoms with E-state index in [4.69, 9.17) is 22.1 Å². The van der Waals surface area contributed by atoms with Crippen LogP contribution in [0.1, 0.15) is 20.3 Å². The van der Waals surface area contributed by atoms with Crippen LogP contribution in [0.25, 0.3) is 0 Å². The number of ether oxygens (including phenoxy) is 2. The number of phosphoric ester groups is 1. The topological polar surface area (TPSA) is 88.1 Å². The van der Waals surface area contributed by atoms with E-state index in [2.05, 4.69) is 4.52 Å². The molecule has 0 saturated carbocycles. The second-order valence-corrected chi connectivity index (χ2v) is 5.28. The van der Waals surface area contributed by atoms with Gasteiger partial charge in [0.15, 0.2) is 0 Å². The highest BCUT2D eigenvalue weighted by Gasteiger charge is 2.36. The van der Waals surface area contributed by atoms with E-state index in [9.17, 15) is 9.46 Å². The molecule has 17 heavy (non-hydrogen) atoms. The molecule has 1 aliphatic heterocycles. The SMILES string of the molecule is [B][B][C@H]1C[C@@H](OP(=O)([O-])O)[C@@H](COC(C)C)O1. The van der Waals surface area contributed by atoms with Crippen molar-refractivity contribution in [3.8, 4) is 0 Å². The fourth-order valence-electron chi connectivity index (χ4n) is 1.59. The van der Waals surface area contributed by atoms with Gasteiger partial charge in [-0.15, -0.1) is 0 Å². The van der Waals surface area contributed by atoms with E-state index in [-0.39, 0.29) is 19.1 Å². The van der Waals surface area contributed by atoms with Gasteiger partial charge in [-0.3, -0.25) is 4.57 Å². The molecule has 1 heterocycles. The molecule has 1 N–H and O–H groups in total. The minimum Gasteiger partial charge on any atom is -0.756 e. The molecule has 0 aromatic rings. The van der Waals surface area contributed by atoms with Crippen molar-refractivity contribution in [2.24, 2.45) is 0 Å². The molecule has 1 saturated heterocycles. The predicted octanol–water partition coefficient (Wildman–Crippen LogP) is -0.840. The lowest BCUT2D eigenvalue weighted by Crippen LogP contribution is -2.31. The first-order chi connectivity index (χ1) is 7.81. The Labute approximate surface area is 103 Å². The largest absolute Gasteiger partial charge is 0.756 e. The summed E-state index contributed by atoms with van der Waals surface area (Å²) in [4.78, 5) is 19.4. The lowest BCUT2D eigenvalue weighted by Gasteiger charge is -2.24. The zero-order chi connectivity index (χ0) is 13.1. The van der Waals surface area contributed by atoms with Crippen LogP contribution in [0.2, 0.25) is 0 Å². The maximum Gasteiger partial charge on any atom is 0.265 e. The van der Waals surface area contributed by atoms with E-state index in [0.29, 0.717) is 0 Å². The summed E-state index contributed by atoms with van der Waals surface area (Å²) in [6.07, 6.45) is -1.06. The van der Waals surface area contributed by atoms with Gasteiger partial charge < -0.3 is 23.8 Å². The van der Waals surface area contributed by atoms with Crippen LogP contribution in [0, 0.1) is 0 Å². The fraction of sp³-hybridized carbons (Fsp3) is 1.00. The summed E-state index contributed by atoms with van der Waals surface area (Å²) in [6.45, 7) is 3.89. The Bertz CT molecular complexity index is 283. The summed E-state index contributed by atoms with van der Waals surface area (Å²) in [5, 5.41) is 0. The monoisotopic (exact) mass is 260 g/mol. The van der Waals surface area contributed by atoms with Crippen molar-refractivity contribution < 1.29 is 28.3 Å². The van der Waals surface area contributed by atoms with Gasteiger partial charge in [-0.05, 0) is 20.3 Å². The molecule has 0 aliphatic carbocycles. The van der Waals surface area contributed by atoms with E-state index in [1.54, 1.807) is 0 Å². The first-order valence-corrected chi connectivity index (χ1v) is 6.85. The molecule has 9 heteroatoms. The predicted molar refractivity (Wildman–Crippen MR) is 60.6 cm³/mol. The Hall–Kier alpha value is 0.160. The molecule has 1 rings (SSSR count). The lowest BCUT2D eigenvalue weighted by atomic mass is 9.51. The van der Waals surface area contributed by atoms with Crippen molar-refractivity contribution in [3.05, 3.63) is 0 Å². The summed E-state index contributed by atoms with van der Waals surface area (Å²) in [6, 6.07) is -0.396. The quantitative estimate of drug-likeness (QED) is 0.494. The molecule has 1 unspecified atom stereocenters. The maximum absolute atomic E-state index is 10.7. The molecule has 1 fully saturated rings. The minimum atomic E-state index is -4.78. The Morgan fingerprint density at radius 3 is 2.82 bits per heavy atom. The van der Waals surface area contributed by atoms with E-state index >= 15 is 0 Å². The standard InChI is InChI=1S/C8H16B2O6P/c1-5(2)14-4-7-6(16-17(11,12)13)3-8(10-9)15-7/h5-8H,3-4H2,1-2H3,(H2,11,12,13)/p-1/t6-,7-,8-/m1/s1. The van der Waals surface area contributed by atoms with Crippen molar-refractivity contribution in [1.29, 1.82) is 0 Å². The second kappa shape index (κ2) is 6.36. The second-order valence-electron chi connectivity index (χ2n) is 4.14. The van der Waals surface area contributed by atoms with Gasteiger partial charge in [-0.25, -0.2) is 0 Å². The van der Waals surface area contributed by atoms with Gasteiger partial charge in [0.25, 0.3) is 7.82 Å². The van der Waals surface area contributed by atoms with Crippen LogP contribution in [0.4, 0.5) is 0 Å². The van der Waals surface area contributed by atoms with Gasteiger partial charge >= 0.3 is 0 Å². The van der Waals surface area contributed by atoms with Crippen LogP contribution in [0.5, 0.6) is 0 Å². The molecule has 0 amide bonds. The van der Waals surface area contributed by atoms with Gasteiger partial charge in [0.1, 0.15) is 6.10 Å². The number of phosphoric acid groups is 1. The highest BCUT2D eigenvalue weighted by molar-refractivity contribution is 7.44. The van der Waals surface area contributed by atoms with Crippen molar-refractivity contribution in [2.45, 2.75) is 44.6 Å². The van der Waals surface area contributed by atoms with Gasteiger partial charge in [-0.2, -0.15) is 0 Å². The summed E-state index contributed by atoms with van der Waals surface area (Å²) in [7, 11) is 1.86. The van der Waals surface area contributed by atoms with E-state index < -0.39 is 26.0 Å². The zero-order valence-corrected chi connectivity index (χ0v) is 10.7. The van der Waals surface area contributed by atoms with Crippen LogP contribution < -0.4 is 4.89 Å². The molecule has 3 radical (unpaired) electrons. The van der Waals surface area contributed by atoms with Crippen molar-refractivity contribution >= 4 is 22.7 Å². The summed E-state index contributed by atoms with van der Waals surface area (Å²) < 4.78 is 26.0. The van der Waals surface area contributed by atoms with Crippen molar-refractivity contribution in [1.82, 2.24) is 0 Å². The van der Waals surface area contributed by atoms with E-state index in [1.807, 2.05) is 13.8 Å². The third kappa shape index (κ3) is 5.55. The average molecular weight is 260 g/mol. The fourth-order valence-corrected chi connectivity index (χ4v) is 2.15. The van der Waals surface area contributed by atoms with Gasteiger partial charge in [0.2, 0.25) is 0 Å². The normalized spacial score (nSPS) is 32.6. The molecule has 0 bridgehead atoms. The number of rotatable bonds is 6. The molecule has 1 aliphatic rings. The maximum atomic E-state index is 10.7. The van der Waals surface area contributed by atoms with Crippen LogP contribution in [0.15, 0.2) is 0 Å². The average Bonchev–Trinajstić information content (AvgIpc) is 2.55. The third-order valence-electron chi connectivity index (χ3n) is 2.31. The Kier molecular flexibility index (Phi) is 5.70. The molecule has 4 atom stereocenters. The highest BCUT2D eigenvalue weighted by Crippen LogP contribution is 2.38. The summed E-state index contributed by atoms with van der Waals surface area (Å²) >= 11 is 0. The molecule has 6 nitrogen and oxygen atoms in total. The number of hydrogen-bond acceptors (Lipinski definition) is 5. The van der Waals surface area contributed by atoms with E-state index in [1.165, 1.54) is 7.17 Å². The molecule has 0 aromatic heterocycles. The van der Waals surface area contributed by atoms with Crippen LogP contribution in [0.3, 0.4) is 0 Å². The Morgan fingerprint density at radius 1 is 1.71 bits per heavy atom. The van der Waals surface area contributed by atoms with Crippen molar-refractivity contribution in [2.75, 3.05) is 6.61 Å². The molecule has 95 valence electrons. The Morgan fingerprint density at radius 2 is 2.35 bits per heavy atom. The van der Waals surface area contributed by atoms with Gasteiger partial charge in [0.05, 0.1) is 26.0 Å². The molecular formula is C8H15B2O6P-. The first kappa shape index (κ1) is 15.2.